The molecule has 0 amide bonds. The monoisotopic (exact) mass is 1130 g/mol. The number of aromatic nitrogens is 4. The third-order valence-electron chi connectivity index (χ3n) is 13.9. The molecule has 1 aliphatic carbocycles. The number of benzene rings is 3. The van der Waals surface area contributed by atoms with Gasteiger partial charge in [0.2, 0.25) is 12.0 Å². The molecular formula is C58H66Cl2F2N6O9S. The van der Waals surface area contributed by atoms with Crippen LogP contribution in [0.3, 0.4) is 0 Å². The summed E-state index contributed by atoms with van der Waals surface area (Å²) in [4.78, 5) is 39.4. The van der Waals surface area contributed by atoms with Gasteiger partial charge in [0.15, 0.2) is 11.6 Å². The number of allylic oxidation sites excluding steroid dienone is 2. The third-order valence-corrected chi connectivity index (χ3v) is 15.9. The molecule has 0 radical (unpaired) electrons. The Labute approximate surface area is 468 Å². The van der Waals surface area contributed by atoms with E-state index in [0.29, 0.717) is 115 Å². The van der Waals surface area contributed by atoms with Crippen LogP contribution in [-0.4, -0.2) is 146 Å². The molecule has 3 aromatic carbocycles. The Bertz CT molecular complexity index is 3090. The van der Waals surface area contributed by atoms with Crippen molar-refractivity contribution in [2.75, 3.05) is 86.5 Å². The molecule has 0 saturated carbocycles. The van der Waals surface area contributed by atoms with Gasteiger partial charge in [-0.2, -0.15) is 0 Å². The third kappa shape index (κ3) is 13.9. The first kappa shape index (κ1) is 57.1. The second-order valence-electron chi connectivity index (χ2n) is 20.9. The van der Waals surface area contributed by atoms with Crippen LogP contribution in [-0.2, 0) is 36.8 Å². The summed E-state index contributed by atoms with van der Waals surface area (Å²) in [5.74, 6) is 0.757. The predicted molar refractivity (Wildman–Crippen MR) is 298 cm³/mol. The van der Waals surface area contributed by atoms with Gasteiger partial charge < -0.3 is 42.8 Å². The van der Waals surface area contributed by atoms with Crippen LogP contribution >= 0.6 is 34.5 Å². The Balaban J connectivity index is 1.08. The molecule has 0 spiro atoms. The van der Waals surface area contributed by atoms with Crippen LogP contribution in [0.1, 0.15) is 68.2 Å². The van der Waals surface area contributed by atoms with Crippen LogP contribution in [0.2, 0.25) is 10.0 Å². The highest BCUT2D eigenvalue weighted by atomic mass is 35.5. The first-order valence-corrected chi connectivity index (χ1v) is 27.7. The fourth-order valence-corrected chi connectivity index (χ4v) is 11.3. The number of rotatable bonds is 16. The Kier molecular flexibility index (Phi) is 18.5. The zero-order chi connectivity index (χ0) is 55.1. The van der Waals surface area contributed by atoms with Crippen LogP contribution in [0, 0.1) is 19.7 Å². The molecule has 78 heavy (non-hydrogen) atoms. The first-order chi connectivity index (χ1) is 37.5. The van der Waals surface area contributed by atoms with E-state index in [0.717, 1.165) is 36.6 Å². The fraction of sp³-hybridized carbons (Fsp3) is 0.466. The molecule has 0 unspecified atom stereocenters. The van der Waals surface area contributed by atoms with Crippen molar-refractivity contribution in [1.82, 2.24) is 29.7 Å². The van der Waals surface area contributed by atoms with Gasteiger partial charge in [0, 0.05) is 74.9 Å². The second-order valence-corrected chi connectivity index (χ2v) is 22.7. The minimum atomic E-state index is -1.51. The molecule has 6 heterocycles. The number of methoxy groups -OCH3 is 1. The normalized spacial score (nSPS) is 19.4. The van der Waals surface area contributed by atoms with Crippen molar-refractivity contribution in [3.05, 3.63) is 111 Å². The van der Waals surface area contributed by atoms with E-state index in [1.54, 1.807) is 64.4 Å². The zero-order valence-electron chi connectivity index (χ0n) is 45.1. The van der Waals surface area contributed by atoms with E-state index >= 15 is 4.39 Å². The smallest absolute Gasteiger partial charge is 0.348 e. The van der Waals surface area contributed by atoms with Gasteiger partial charge in [-0.25, -0.2) is 33.5 Å². The van der Waals surface area contributed by atoms with Crippen molar-refractivity contribution in [1.29, 1.82) is 0 Å². The summed E-state index contributed by atoms with van der Waals surface area (Å²) in [6.45, 7) is 14.8. The van der Waals surface area contributed by atoms with E-state index in [4.69, 9.17) is 76.0 Å². The fourth-order valence-electron chi connectivity index (χ4n) is 9.68. The van der Waals surface area contributed by atoms with E-state index < -0.39 is 35.3 Å². The highest BCUT2D eigenvalue weighted by Crippen LogP contribution is 2.53. The van der Waals surface area contributed by atoms with Crippen LogP contribution < -0.4 is 18.9 Å². The number of ether oxygens (including phenoxy) is 8. The van der Waals surface area contributed by atoms with Gasteiger partial charge in [-0.3, -0.25) is 4.90 Å². The number of nitrogens with zero attached hydrogens (tertiary/aromatic N) is 6. The highest BCUT2D eigenvalue weighted by molar-refractivity contribution is 7.22. The average molecular weight is 1130 g/mol. The van der Waals surface area contributed by atoms with E-state index in [1.165, 1.54) is 29.8 Å². The molecule has 20 heteroatoms. The number of alkyl halides is 1. The topological polar surface area (TPSA) is 149 Å². The number of thiophene rings is 1. The molecule has 1 fully saturated rings. The van der Waals surface area contributed by atoms with Crippen molar-refractivity contribution in [3.8, 4) is 44.7 Å². The zero-order valence-corrected chi connectivity index (χ0v) is 47.4. The lowest BCUT2D eigenvalue weighted by Gasteiger charge is -2.35. The predicted octanol–water partition coefficient (Wildman–Crippen LogP) is 11.1. The number of hydrogen-bond donors (Lipinski definition) is 0. The van der Waals surface area contributed by atoms with Crippen molar-refractivity contribution >= 4 is 56.3 Å². The van der Waals surface area contributed by atoms with Gasteiger partial charge in [-0.1, -0.05) is 41.4 Å². The maximum atomic E-state index is 15.8. The average Bonchev–Trinajstić information content (AvgIpc) is 4.01. The number of carbonyl (C=O) groups is 1. The summed E-state index contributed by atoms with van der Waals surface area (Å²) in [5, 5.41) is 1.10. The molecule has 4 bridgehead atoms. The summed E-state index contributed by atoms with van der Waals surface area (Å²) >= 11 is 16.2. The lowest BCUT2D eigenvalue weighted by Crippen LogP contribution is -2.49. The van der Waals surface area contributed by atoms with E-state index in [-0.39, 0.29) is 51.6 Å². The molecule has 4 aliphatic rings. The second kappa shape index (κ2) is 25.3. The minimum Gasteiger partial charge on any atom is -0.490 e. The maximum absolute atomic E-state index is 15.8. The SMILES string of the molecule is COCCOCCOC[C@]1(F)CC=C(c2nccc(COc3ccc4cc3C[C@H](C(=O)OC(C)(C)C)Oc3ncnc5sc(-c6ccc(F)cc6)c(c35)-c3c(C)c(Cl)c(c(Cl)c3C)O[C@H](CN3CCN(C)CC3)CO4)n2)CC1. The molecule has 10 rings (SSSR count). The van der Waals surface area contributed by atoms with Crippen molar-refractivity contribution in [2.45, 2.75) is 90.4 Å². The van der Waals surface area contributed by atoms with E-state index in [9.17, 15) is 9.18 Å². The van der Waals surface area contributed by atoms with Crippen LogP contribution in [0.15, 0.2) is 67.1 Å². The molecule has 6 aromatic rings. The molecule has 1 saturated heterocycles. The number of fused-ring (bicyclic) bond motifs is 7. The lowest BCUT2D eigenvalue weighted by atomic mass is 9.87. The molecule has 3 aliphatic heterocycles. The number of carbonyl (C=O) groups excluding carboxylic acids is 1. The molecule has 3 aromatic heterocycles. The van der Waals surface area contributed by atoms with Crippen LogP contribution in [0.4, 0.5) is 8.78 Å². The van der Waals surface area contributed by atoms with Gasteiger partial charge >= 0.3 is 5.97 Å². The largest absolute Gasteiger partial charge is 0.490 e. The number of piperazine rings is 1. The summed E-state index contributed by atoms with van der Waals surface area (Å²) in [6.07, 6.45) is 3.83. The number of likely N-dealkylation sites (N-methyl/N-ethyl adjacent to an activating group) is 1. The minimum absolute atomic E-state index is 0.0245. The van der Waals surface area contributed by atoms with Gasteiger partial charge in [-0.15, -0.1) is 11.3 Å². The van der Waals surface area contributed by atoms with Gasteiger partial charge in [-0.05, 0) is 119 Å². The molecule has 15 nitrogen and oxygen atoms in total. The Morgan fingerprint density at radius 3 is 2.38 bits per heavy atom. The summed E-state index contributed by atoms with van der Waals surface area (Å²) in [6, 6.07) is 13.4. The Morgan fingerprint density at radius 2 is 1.67 bits per heavy atom. The molecule has 3 atom stereocenters. The summed E-state index contributed by atoms with van der Waals surface area (Å²) in [5.41, 5.74) is 2.91. The molecule has 0 N–H and O–H groups in total. The molecular weight excluding hydrogens is 1070 g/mol. The maximum Gasteiger partial charge on any atom is 0.348 e. The Morgan fingerprint density at radius 1 is 0.923 bits per heavy atom. The first-order valence-electron chi connectivity index (χ1n) is 26.2. The molecule has 416 valence electrons. The lowest BCUT2D eigenvalue weighted by molar-refractivity contribution is -0.163. The number of hydrogen-bond acceptors (Lipinski definition) is 16. The summed E-state index contributed by atoms with van der Waals surface area (Å²) < 4.78 is 79.5. The van der Waals surface area contributed by atoms with Gasteiger partial charge in [0.1, 0.15) is 59.1 Å². The van der Waals surface area contributed by atoms with Gasteiger partial charge in [0.05, 0.1) is 54.2 Å². The van der Waals surface area contributed by atoms with E-state index in [1.807, 2.05) is 26.0 Å². The highest BCUT2D eigenvalue weighted by Gasteiger charge is 2.35. The quantitative estimate of drug-likeness (QED) is 0.0668. The summed E-state index contributed by atoms with van der Waals surface area (Å²) in [7, 11) is 3.71. The van der Waals surface area contributed by atoms with Gasteiger partial charge in [0.25, 0.3) is 0 Å². The van der Waals surface area contributed by atoms with Crippen molar-refractivity contribution in [2.24, 2.45) is 0 Å². The van der Waals surface area contributed by atoms with Crippen molar-refractivity contribution < 1.29 is 51.5 Å². The van der Waals surface area contributed by atoms with Crippen molar-refractivity contribution in [3.63, 3.8) is 0 Å². The standard InChI is InChI=1S/C58H66Cl2F2N6O9S/c1-35-46-36(2)50(60)51(49(35)59)75-43(30-68-22-20-67(6)21-23-68)32-73-42-12-13-44(74-31-41-16-19-63-53(66-41)38-14-17-58(62,18-15-38)33-72-27-26-71-25-24-70-7)39(28-42)29-45(56(69)77-57(3,4)5)76-54-48-47(46)52(78-55(48)65-34-64-54)37-8-10-40(61)11-9-37/h8-14,16,19,28,34,43,45H,15,17-18,20-27,29-33H2,1-7H3/t43-,45-,58+/m1/s1. The Hall–Kier alpha value is -5.57. The number of halogens is 4. The van der Waals surface area contributed by atoms with Crippen LogP contribution in [0.5, 0.6) is 23.1 Å². The number of esters is 1. The van der Waals surface area contributed by atoms with E-state index in [2.05, 4.69) is 21.8 Å². The van der Waals surface area contributed by atoms with Crippen LogP contribution in [0.25, 0.3) is 37.4 Å².